The summed E-state index contributed by atoms with van der Waals surface area (Å²) in [6.07, 6.45) is 1.73. The molecule has 0 amide bonds. The van der Waals surface area contributed by atoms with Gasteiger partial charge in [-0.15, -0.1) is 0 Å². The zero-order valence-corrected chi connectivity index (χ0v) is 7.09. The Kier molecular flexibility index (Phi) is 2.41. The minimum absolute atomic E-state index is 0.638. The largest absolute Gasteiger partial charge is 0.477 e. The molecule has 0 bridgehead atoms. The molecule has 0 aliphatic carbocycles. The Labute approximate surface area is 66.4 Å². The first-order valence-corrected chi connectivity index (χ1v) is 3.67. The van der Waals surface area contributed by atoms with E-state index in [1.807, 2.05) is 20.8 Å². The van der Waals surface area contributed by atoms with Crippen LogP contribution in [0.5, 0.6) is 5.88 Å². The molecule has 1 rings (SSSR count). The van der Waals surface area contributed by atoms with Crippen molar-refractivity contribution in [3.8, 4) is 5.88 Å². The minimum atomic E-state index is 0.638. The highest BCUT2D eigenvalue weighted by Crippen LogP contribution is 2.10. The lowest BCUT2D eigenvalue weighted by Gasteiger charge is -2.04. The van der Waals surface area contributed by atoms with Crippen molar-refractivity contribution >= 4 is 0 Å². The van der Waals surface area contributed by atoms with Crippen LogP contribution in [0.4, 0.5) is 0 Å². The molecule has 0 saturated heterocycles. The minimum Gasteiger partial charge on any atom is -0.477 e. The van der Waals surface area contributed by atoms with Gasteiger partial charge in [0.05, 0.1) is 18.0 Å². The SMILES string of the molecule is CCOc1nc(C)cnc1C. The standard InChI is InChI=1S/C8H12N2O/c1-4-11-8-7(3)9-5-6(2)10-8/h5H,4H2,1-3H3. The van der Waals surface area contributed by atoms with Crippen LogP contribution in [0.2, 0.25) is 0 Å². The fourth-order valence-electron chi connectivity index (χ4n) is 0.789. The number of ether oxygens (including phenoxy) is 1. The first kappa shape index (κ1) is 7.98. The summed E-state index contributed by atoms with van der Waals surface area (Å²) in [4.78, 5) is 8.29. The van der Waals surface area contributed by atoms with Crippen LogP contribution in [-0.4, -0.2) is 16.6 Å². The summed E-state index contributed by atoms with van der Waals surface area (Å²) in [6.45, 7) is 6.36. The van der Waals surface area contributed by atoms with Gasteiger partial charge in [-0.3, -0.25) is 4.98 Å². The zero-order chi connectivity index (χ0) is 8.27. The third-order valence-electron chi connectivity index (χ3n) is 1.31. The van der Waals surface area contributed by atoms with Gasteiger partial charge in [-0.25, -0.2) is 4.98 Å². The molecular weight excluding hydrogens is 140 g/mol. The van der Waals surface area contributed by atoms with Crippen LogP contribution in [0.3, 0.4) is 0 Å². The van der Waals surface area contributed by atoms with Gasteiger partial charge in [0.1, 0.15) is 0 Å². The zero-order valence-electron chi connectivity index (χ0n) is 7.09. The fraction of sp³-hybridized carbons (Fsp3) is 0.500. The van der Waals surface area contributed by atoms with Gasteiger partial charge in [0, 0.05) is 6.20 Å². The summed E-state index contributed by atoms with van der Waals surface area (Å²) >= 11 is 0. The number of hydrogen-bond donors (Lipinski definition) is 0. The van der Waals surface area contributed by atoms with Gasteiger partial charge in [-0.1, -0.05) is 0 Å². The molecule has 1 aromatic heterocycles. The third kappa shape index (κ3) is 1.90. The summed E-state index contributed by atoms with van der Waals surface area (Å²) in [7, 11) is 0. The Bertz CT molecular complexity index is 248. The average Bonchev–Trinajstić information content (AvgIpc) is 1.98. The van der Waals surface area contributed by atoms with E-state index < -0.39 is 0 Å². The topological polar surface area (TPSA) is 35.0 Å². The maximum atomic E-state index is 5.24. The van der Waals surface area contributed by atoms with E-state index in [-0.39, 0.29) is 0 Å². The van der Waals surface area contributed by atoms with Crippen LogP contribution in [0.25, 0.3) is 0 Å². The molecule has 1 aromatic rings. The Morgan fingerprint density at radius 2 is 2.18 bits per heavy atom. The van der Waals surface area contributed by atoms with E-state index in [9.17, 15) is 0 Å². The van der Waals surface area contributed by atoms with Crippen LogP contribution in [0, 0.1) is 13.8 Å². The van der Waals surface area contributed by atoms with Crippen LogP contribution >= 0.6 is 0 Å². The van der Waals surface area contributed by atoms with Crippen molar-refractivity contribution in [3.05, 3.63) is 17.6 Å². The Hall–Kier alpha value is -1.12. The summed E-state index contributed by atoms with van der Waals surface area (Å²) in [5, 5.41) is 0. The molecule has 0 aromatic carbocycles. The van der Waals surface area contributed by atoms with E-state index in [1.54, 1.807) is 6.20 Å². The van der Waals surface area contributed by atoms with E-state index in [0.717, 1.165) is 11.4 Å². The molecule has 0 aliphatic heterocycles. The number of nitrogens with zero attached hydrogens (tertiary/aromatic N) is 2. The number of aromatic nitrogens is 2. The highest BCUT2D eigenvalue weighted by molar-refractivity contribution is 5.17. The quantitative estimate of drug-likeness (QED) is 0.644. The molecule has 3 nitrogen and oxygen atoms in total. The molecular formula is C8H12N2O. The molecule has 3 heteroatoms. The Morgan fingerprint density at radius 1 is 1.45 bits per heavy atom. The normalized spacial score (nSPS) is 9.73. The van der Waals surface area contributed by atoms with Gasteiger partial charge in [0.2, 0.25) is 5.88 Å². The van der Waals surface area contributed by atoms with E-state index in [0.29, 0.717) is 12.5 Å². The van der Waals surface area contributed by atoms with E-state index >= 15 is 0 Å². The van der Waals surface area contributed by atoms with Crippen LogP contribution < -0.4 is 4.74 Å². The lowest BCUT2D eigenvalue weighted by atomic mass is 10.4. The van der Waals surface area contributed by atoms with Crippen LogP contribution in [0.15, 0.2) is 6.20 Å². The van der Waals surface area contributed by atoms with Crippen molar-refractivity contribution in [2.24, 2.45) is 0 Å². The first-order valence-electron chi connectivity index (χ1n) is 3.67. The van der Waals surface area contributed by atoms with Crippen molar-refractivity contribution in [2.45, 2.75) is 20.8 Å². The maximum absolute atomic E-state index is 5.24. The Balaban J connectivity index is 2.93. The molecule has 11 heavy (non-hydrogen) atoms. The molecule has 0 fully saturated rings. The van der Waals surface area contributed by atoms with Crippen LogP contribution in [0.1, 0.15) is 18.3 Å². The molecule has 0 atom stereocenters. The van der Waals surface area contributed by atoms with E-state index in [1.165, 1.54) is 0 Å². The van der Waals surface area contributed by atoms with Crippen molar-refractivity contribution in [3.63, 3.8) is 0 Å². The average molecular weight is 152 g/mol. The van der Waals surface area contributed by atoms with Gasteiger partial charge in [-0.05, 0) is 20.8 Å². The van der Waals surface area contributed by atoms with Gasteiger partial charge < -0.3 is 4.74 Å². The van der Waals surface area contributed by atoms with Crippen LogP contribution in [-0.2, 0) is 0 Å². The molecule has 0 spiro atoms. The molecule has 0 radical (unpaired) electrons. The third-order valence-corrected chi connectivity index (χ3v) is 1.31. The number of aryl methyl sites for hydroxylation is 2. The van der Waals surface area contributed by atoms with Crippen molar-refractivity contribution in [1.82, 2.24) is 9.97 Å². The molecule has 0 N–H and O–H groups in total. The molecule has 0 saturated carbocycles. The Morgan fingerprint density at radius 3 is 2.82 bits per heavy atom. The van der Waals surface area contributed by atoms with Gasteiger partial charge >= 0.3 is 0 Å². The second-order valence-corrected chi connectivity index (χ2v) is 2.33. The number of hydrogen-bond acceptors (Lipinski definition) is 3. The summed E-state index contributed by atoms with van der Waals surface area (Å²) in [6, 6.07) is 0. The molecule has 60 valence electrons. The predicted octanol–water partition coefficient (Wildman–Crippen LogP) is 1.49. The lowest BCUT2D eigenvalue weighted by Crippen LogP contribution is -1.99. The molecule has 0 unspecified atom stereocenters. The van der Waals surface area contributed by atoms with E-state index in [2.05, 4.69) is 9.97 Å². The summed E-state index contributed by atoms with van der Waals surface area (Å²) < 4.78 is 5.24. The molecule has 1 heterocycles. The van der Waals surface area contributed by atoms with Crippen molar-refractivity contribution in [1.29, 1.82) is 0 Å². The first-order chi connectivity index (χ1) is 5.24. The monoisotopic (exact) mass is 152 g/mol. The van der Waals surface area contributed by atoms with Gasteiger partial charge in [-0.2, -0.15) is 0 Å². The second-order valence-electron chi connectivity index (χ2n) is 2.33. The molecule has 0 aliphatic rings. The lowest BCUT2D eigenvalue weighted by molar-refractivity contribution is 0.321. The summed E-state index contributed by atoms with van der Waals surface area (Å²) in [5.41, 5.74) is 1.73. The number of rotatable bonds is 2. The van der Waals surface area contributed by atoms with Gasteiger partial charge in [0.25, 0.3) is 0 Å². The van der Waals surface area contributed by atoms with E-state index in [4.69, 9.17) is 4.74 Å². The smallest absolute Gasteiger partial charge is 0.235 e. The highest BCUT2D eigenvalue weighted by atomic mass is 16.5. The van der Waals surface area contributed by atoms with Crippen molar-refractivity contribution < 1.29 is 4.74 Å². The van der Waals surface area contributed by atoms with Crippen molar-refractivity contribution in [2.75, 3.05) is 6.61 Å². The fourth-order valence-corrected chi connectivity index (χ4v) is 0.789. The maximum Gasteiger partial charge on any atom is 0.235 e. The van der Waals surface area contributed by atoms with Gasteiger partial charge in [0.15, 0.2) is 0 Å². The summed E-state index contributed by atoms with van der Waals surface area (Å²) in [5.74, 6) is 0.646. The highest BCUT2D eigenvalue weighted by Gasteiger charge is 2.00. The predicted molar refractivity (Wildman–Crippen MR) is 42.7 cm³/mol. The second kappa shape index (κ2) is 3.32.